The van der Waals surface area contributed by atoms with Crippen molar-refractivity contribution in [3.05, 3.63) is 35.4 Å². The quantitative estimate of drug-likeness (QED) is 0.740. The first kappa shape index (κ1) is 12.7. The Morgan fingerprint density at radius 1 is 1.31 bits per heavy atom. The lowest BCUT2D eigenvalue weighted by Crippen LogP contribution is -2.14. The standard InChI is InChI=1S/C10H13NO4S/c11-10(12)9-6-2-1-4-8(9)5-3-7-16(13,14)15/h1-2,4,6H,3,5,7H2,(H2,11,12)(H,13,14,15). The third kappa shape index (κ3) is 4.00. The van der Waals surface area contributed by atoms with Crippen LogP contribution in [0.5, 0.6) is 0 Å². The Labute approximate surface area is 94.0 Å². The molecule has 6 heteroatoms. The molecule has 0 atom stereocenters. The highest BCUT2D eigenvalue weighted by Crippen LogP contribution is 2.10. The van der Waals surface area contributed by atoms with Gasteiger partial charge in [-0.3, -0.25) is 9.35 Å². The Bertz CT molecular complexity index is 481. The molecular weight excluding hydrogens is 230 g/mol. The van der Waals surface area contributed by atoms with E-state index in [1.54, 1.807) is 24.3 Å². The van der Waals surface area contributed by atoms with Crippen molar-refractivity contribution in [1.29, 1.82) is 0 Å². The SMILES string of the molecule is NC(=O)c1ccccc1CCCS(=O)(=O)O. The van der Waals surface area contributed by atoms with E-state index >= 15 is 0 Å². The molecule has 0 saturated heterocycles. The first-order valence-corrected chi connectivity index (χ1v) is 6.34. The largest absolute Gasteiger partial charge is 0.366 e. The fourth-order valence-corrected chi connectivity index (χ4v) is 1.93. The van der Waals surface area contributed by atoms with Gasteiger partial charge in [-0.05, 0) is 24.5 Å². The maximum Gasteiger partial charge on any atom is 0.264 e. The average Bonchev–Trinajstić information content (AvgIpc) is 2.16. The molecule has 0 radical (unpaired) electrons. The van der Waals surface area contributed by atoms with Gasteiger partial charge in [-0.15, -0.1) is 0 Å². The first-order chi connectivity index (χ1) is 7.40. The Morgan fingerprint density at radius 2 is 1.94 bits per heavy atom. The molecule has 0 aliphatic heterocycles. The van der Waals surface area contributed by atoms with E-state index in [0.717, 1.165) is 0 Å². The highest BCUT2D eigenvalue weighted by molar-refractivity contribution is 7.85. The smallest absolute Gasteiger partial charge is 0.264 e. The number of benzene rings is 1. The van der Waals surface area contributed by atoms with Gasteiger partial charge in [-0.2, -0.15) is 8.42 Å². The third-order valence-corrected chi connectivity index (χ3v) is 2.94. The molecule has 0 aliphatic carbocycles. The molecule has 0 bridgehead atoms. The Hall–Kier alpha value is -1.40. The van der Waals surface area contributed by atoms with E-state index in [-0.39, 0.29) is 12.2 Å². The number of aryl methyl sites for hydroxylation is 1. The lowest BCUT2D eigenvalue weighted by molar-refractivity contribution is 0.0999. The van der Waals surface area contributed by atoms with Crippen LogP contribution in [-0.4, -0.2) is 24.6 Å². The highest BCUT2D eigenvalue weighted by Gasteiger charge is 2.09. The molecule has 5 nitrogen and oxygen atoms in total. The lowest BCUT2D eigenvalue weighted by atomic mass is 10.0. The predicted molar refractivity (Wildman–Crippen MR) is 59.7 cm³/mol. The second kappa shape index (κ2) is 5.09. The molecule has 1 rings (SSSR count). The maximum atomic E-state index is 11.0. The summed E-state index contributed by atoms with van der Waals surface area (Å²) in [6.07, 6.45) is 0.641. The van der Waals surface area contributed by atoms with E-state index in [2.05, 4.69) is 0 Å². The minimum Gasteiger partial charge on any atom is -0.366 e. The molecule has 1 amide bonds. The zero-order chi connectivity index (χ0) is 12.2. The van der Waals surface area contributed by atoms with Crippen molar-refractivity contribution in [1.82, 2.24) is 0 Å². The van der Waals surface area contributed by atoms with Gasteiger partial charge in [0.1, 0.15) is 0 Å². The molecule has 0 unspecified atom stereocenters. The normalized spacial score (nSPS) is 11.3. The summed E-state index contributed by atoms with van der Waals surface area (Å²) in [4.78, 5) is 11.0. The molecule has 0 saturated carbocycles. The number of primary amides is 1. The molecule has 1 aromatic carbocycles. The van der Waals surface area contributed by atoms with Gasteiger partial charge in [0.05, 0.1) is 5.75 Å². The van der Waals surface area contributed by atoms with Gasteiger partial charge in [-0.1, -0.05) is 18.2 Å². The molecule has 16 heavy (non-hydrogen) atoms. The van der Waals surface area contributed by atoms with Crippen molar-refractivity contribution >= 4 is 16.0 Å². The topological polar surface area (TPSA) is 97.5 Å². The van der Waals surface area contributed by atoms with Gasteiger partial charge in [0.15, 0.2) is 0 Å². The minimum atomic E-state index is -3.94. The third-order valence-electron chi connectivity index (χ3n) is 2.13. The van der Waals surface area contributed by atoms with E-state index in [4.69, 9.17) is 10.3 Å². The molecule has 1 aromatic rings. The number of amides is 1. The van der Waals surface area contributed by atoms with Crippen molar-refractivity contribution in [2.75, 3.05) is 5.75 Å². The fraction of sp³-hybridized carbons (Fsp3) is 0.300. The number of carbonyl (C=O) groups excluding carboxylic acids is 1. The van der Waals surface area contributed by atoms with Crippen LogP contribution in [0.15, 0.2) is 24.3 Å². The van der Waals surface area contributed by atoms with Crippen molar-refractivity contribution in [2.24, 2.45) is 5.73 Å². The van der Waals surface area contributed by atoms with Crippen LogP contribution in [0.4, 0.5) is 0 Å². The Balaban J connectivity index is 2.71. The Morgan fingerprint density at radius 3 is 2.50 bits per heavy atom. The zero-order valence-electron chi connectivity index (χ0n) is 8.59. The number of hydrogen-bond donors (Lipinski definition) is 2. The van der Waals surface area contributed by atoms with E-state index in [1.165, 1.54) is 0 Å². The summed E-state index contributed by atoms with van der Waals surface area (Å²) in [5.74, 6) is -0.859. The minimum absolute atomic E-state index is 0.253. The summed E-state index contributed by atoms with van der Waals surface area (Å²) >= 11 is 0. The summed E-state index contributed by atoms with van der Waals surface area (Å²) in [7, 11) is -3.94. The van der Waals surface area contributed by atoms with Gasteiger partial charge in [0.25, 0.3) is 10.1 Å². The summed E-state index contributed by atoms with van der Waals surface area (Å²) < 4.78 is 29.6. The molecule has 0 fully saturated rings. The van der Waals surface area contributed by atoms with E-state index in [0.29, 0.717) is 17.5 Å². The molecule has 0 spiro atoms. The molecule has 0 heterocycles. The predicted octanol–water partition coefficient (Wildman–Crippen LogP) is 0.606. The first-order valence-electron chi connectivity index (χ1n) is 4.73. The van der Waals surface area contributed by atoms with E-state index < -0.39 is 16.0 Å². The van der Waals surface area contributed by atoms with E-state index in [9.17, 15) is 13.2 Å². The van der Waals surface area contributed by atoms with Crippen LogP contribution < -0.4 is 5.73 Å². The molecule has 3 N–H and O–H groups in total. The monoisotopic (exact) mass is 243 g/mol. The molecule has 88 valence electrons. The zero-order valence-corrected chi connectivity index (χ0v) is 9.40. The van der Waals surface area contributed by atoms with Crippen LogP contribution in [0.25, 0.3) is 0 Å². The van der Waals surface area contributed by atoms with Crippen LogP contribution in [0.3, 0.4) is 0 Å². The Kier molecular flexibility index (Phi) is 4.03. The van der Waals surface area contributed by atoms with Gasteiger partial charge in [0, 0.05) is 5.56 Å². The van der Waals surface area contributed by atoms with Crippen LogP contribution in [0.2, 0.25) is 0 Å². The van der Waals surface area contributed by atoms with Gasteiger partial charge >= 0.3 is 0 Å². The fourth-order valence-electron chi connectivity index (χ4n) is 1.42. The van der Waals surface area contributed by atoms with Crippen molar-refractivity contribution in [3.8, 4) is 0 Å². The van der Waals surface area contributed by atoms with Crippen LogP contribution in [-0.2, 0) is 16.5 Å². The summed E-state index contributed by atoms with van der Waals surface area (Å²) in [6, 6.07) is 6.73. The molecule has 0 aliphatic rings. The summed E-state index contributed by atoms with van der Waals surface area (Å²) in [6.45, 7) is 0. The number of nitrogens with two attached hydrogens (primary N) is 1. The van der Waals surface area contributed by atoms with Gasteiger partial charge < -0.3 is 5.73 Å². The van der Waals surface area contributed by atoms with Gasteiger partial charge in [0.2, 0.25) is 5.91 Å². The maximum absolute atomic E-state index is 11.0. The van der Waals surface area contributed by atoms with Crippen LogP contribution >= 0.6 is 0 Å². The van der Waals surface area contributed by atoms with Gasteiger partial charge in [-0.25, -0.2) is 0 Å². The second-order valence-electron chi connectivity index (χ2n) is 3.41. The lowest BCUT2D eigenvalue weighted by Gasteiger charge is -2.05. The van der Waals surface area contributed by atoms with Crippen LogP contribution in [0.1, 0.15) is 22.3 Å². The van der Waals surface area contributed by atoms with Crippen molar-refractivity contribution in [3.63, 3.8) is 0 Å². The van der Waals surface area contributed by atoms with Crippen molar-refractivity contribution in [2.45, 2.75) is 12.8 Å². The number of carbonyl (C=O) groups is 1. The average molecular weight is 243 g/mol. The summed E-state index contributed by atoms with van der Waals surface area (Å²) in [5.41, 5.74) is 6.25. The van der Waals surface area contributed by atoms with Crippen LogP contribution in [0, 0.1) is 0 Å². The summed E-state index contributed by atoms with van der Waals surface area (Å²) in [5, 5.41) is 0. The number of rotatable bonds is 5. The molecule has 0 aromatic heterocycles. The highest BCUT2D eigenvalue weighted by atomic mass is 32.2. The number of hydrogen-bond acceptors (Lipinski definition) is 3. The van der Waals surface area contributed by atoms with E-state index in [1.807, 2.05) is 0 Å². The van der Waals surface area contributed by atoms with Crippen molar-refractivity contribution < 1.29 is 17.8 Å². The second-order valence-corrected chi connectivity index (χ2v) is 4.98. The molecular formula is C10H13NO4S.